The summed E-state index contributed by atoms with van der Waals surface area (Å²) in [5.74, 6) is -0.794. The summed E-state index contributed by atoms with van der Waals surface area (Å²) in [6.45, 7) is 5.13. The predicted octanol–water partition coefficient (Wildman–Crippen LogP) is 1.76. The van der Waals surface area contributed by atoms with Crippen LogP contribution in [0.1, 0.15) is 33.1 Å². The van der Waals surface area contributed by atoms with E-state index in [1.165, 1.54) is 16.6 Å². The zero-order valence-electron chi connectivity index (χ0n) is 12.4. The molecular weight excluding hydrogens is 293 g/mol. The third-order valence-corrected chi connectivity index (χ3v) is 5.74. The molecule has 1 aromatic rings. The largest absolute Gasteiger partial charge is 0.313 e. The topological polar surface area (TPSA) is 62.3 Å². The quantitative estimate of drug-likeness (QED) is 0.899. The first-order valence-corrected chi connectivity index (χ1v) is 8.78. The van der Waals surface area contributed by atoms with Crippen LogP contribution in [0.2, 0.25) is 0 Å². The van der Waals surface area contributed by atoms with Gasteiger partial charge in [-0.3, -0.25) is 0 Å². The molecule has 2 heterocycles. The number of rotatable bonds is 5. The summed E-state index contributed by atoms with van der Waals surface area (Å²) in [7, 11) is -3.90. The van der Waals surface area contributed by atoms with Crippen molar-refractivity contribution in [2.45, 2.75) is 50.2 Å². The van der Waals surface area contributed by atoms with E-state index in [-0.39, 0.29) is 12.1 Å². The van der Waals surface area contributed by atoms with Crippen LogP contribution in [0.4, 0.5) is 4.39 Å². The molecule has 0 saturated carbocycles. The van der Waals surface area contributed by atoms with E-state index >= 15 is 0 Å². The summed E-state index contributed by atoms with van der Waals surface area (Å²) in [5.41, 5.74) is 0. The Balaban J connectivity index is 2.34. The van der Waals surface area contributed by atoms with Gasteiger partial charge in [0.25, 0.3) is 10.0 Å². The number of nitrogens with zero attached hydrogens (tertiary/aromatic N) is 2. The van der Waals surface area contributed by atoms with Gasteiger partial charge in [-0.25, -0.2) is 17.8 Å². The zero-order chi connectivity index (χ0) is 15.5. The molecular formula is C14H22FN3O2S. The molecule has 1 saturated heterocycles. The van der Waals surface area contributed by atoms with Gasteiger partial charge in [0.15, 0.2) is 5.82 Å². The highest BCUT2D eigenvalue weighted by Gasteiger charge is 2.38. The number of piperidine rings is 1. The second-order valence-corrected chi connectivity index (χ2v) is 7.12. The van der Waals surface area contributed by atoms with Crippen LogP contribution in [-0.4, -0.2) is 42.9 Å². The number of aromatic nitrogens is 1. The van der Waals surface area contributed by atoms with Gasteiger partial charge in [-0.1, -0.05) is 13.3 Å². The maximum atomic E-state index is 13.8. The summed E-state index contributed by atoms with van der Waals surface area (Å²) < 4.78 is 40.7. The van der Waals surface area contributed by atoms with Crippen molar-refractivity contribution in [1.82, 2.24) is 14.6 Å². The molecule has 7 heteroatoms. The number of hydrogen-bond acceptors (Lipinski definition) is 4. The SMILES string of the molecule is CCNC(C)C1CCCCN1S(=O)(=O)c1ncccc1F. The van der Waals surface area contributed by atoms with Crippen molar-refractivity contribution in [3.05, 3.63) is 24.1 Å². The summed E-state index contributed by atoms with van der Waals surface area (Å²) in [6.07, 6.45) is 3.87. The van der Waals surface area contributed by atoms with Crippen molar-refractivity contribution in [1.29, 1.82) is 0 Å². The summed E-state index contributed by atoms with van der Waals surface area (Å²) in [4.78, 5) is 3.74. The maximum Gasteiger partial charge on any atom is 0.263 e. The van der Waals surface area contributed by atoms with Gasteiger partial charge in [0, 0.05) is 24.8 Å². The van der Waals surface area contributed by atoms with Gasteiger partial charge in [-0.15, -0.1) is 0 Å². The Morgan fingerprint density at radius 1 is 1.52 bits per heavy atom. The summed E-state index contributed by atoms with van der Waals surface area (Å²) in [5, 5.41) is 2.79. The number of likely N-dealkylation sites (N-methyl/N-ethyl adjacent to an activating group) is 1. The molecule has 0 aromatic carbocycles. The van der Waals surface area contributed by atoms with Crippen LogP contribution in [0.15, 0.2) is 23.4 Å². The molecule has 1 aliphatic rings. The van der Waals surface area contributed by atoms with Crippen LogP contribution >= 0.6 is 0 Å². The first-order chi connectivity index (χ1) is 9.98. The Morgan fingerprint density at radius 3 is 2.95 bits per heavy atom. The molecule has 0 radical (unpaired) electrons. The van der Waals surface area contributed by atoms with E-state index in [0.29, 0.717) is 6.54 Å². The molecule has 0 bridgehead atoms. The van der Waals surface area contributed by atoms with E-state index in [1.54, 1.807) is 0 Å². The third kappa shape index (κ3) is 3.41. The Kier molecular flexibility index (Phi) is 5.29. The van der Waals surface area contributed by atoms with E-state index in [9.17, 15) is 12.8 Å². The van der Waals surface area contributed by atoms with Gasteiger partial charge in [0.05, 0.1) is 0 Å². The Hall–Kier alpha value is -1.05. The summed E-state index contributed by atoms with van der Waals surface area (Å²) in [6, 6.07) is 2.39. The van der Waals surface area contributed by atoms with Gasteiger partial charge < -0.3 is 5.32 Å². The van der Waals surface area contributed by atoms with Gasteiger partial charge in [0.1, 0.15) is 0 Å². The maximum absolute atomic E-state index is 13.8. The number of pyridine rings is 1. The molecule has 2 atom stereocenters. The molecule has 1 aromatic heterocycles. The van der Waals surface area contributed by atoms with Crippen LogP contribution in [0, 0.1) is 5.82 Å². The average Bonchev–Trinajstić information content (AvgIpc) is 2.48. The highest BCUT2D eigenvalue weighted by Crippen LogP contribution is 2.27. The molecule has 0 spiro atoms. The third-order valence-electron chi connectivity index (χ3n) is 3.88. The molecule has 118 valence electrons. The molecule has 0 amide bonds. The molecule has 1 N–H and O–H groups in total. The normalized spacial score (nSPS) is 22.1. The monoisotopic (exact) mass is 315 g/mol. The lowest BCUT2D eigenvalue weighted by atomic mass is 9.99. The fraction of sp³-hybridized carbons (Fsp3) is 0.643. The van der Waals surface area contributed by atoms with E-state index in [0.717, 1.165) is 31.9 Å². The zero-order valence-corrected chi connectivity index (χ0v) is 13.2. The fourth-order valence-electron chi connectivity index (χ4n) is 2.86. The lowest BCUT2D eigenvalue weighted by molar-refractivity contribution is 0.209. The second-order valence-electron chi connectivity index (χ2n) is 5.32. The van der Waals surface area contributed by atoms with Crippen LogP contribution < -0.4 is 5.32 Å². The molecule has 0 aliphatic carbocycles. The van der Waals surface area contributed by atoms with Crippen LogP contribution in [-0.2, 0) is 10.0 Å². The molecule has 1 fully saturated rings. The van der Waals surface area contributed by atoms with Gasteiger partial charge in [-0.05, 0) is 38.4 Å². The molecule has 21 heavy (non-hydrogen) atoms. The molecule has 2 rings (SSSR count). The van der Waals surface area contributed by atoms with Crippen molar-refractivity contribution in [2.24, 2.45) is 0 Å². The van der Waals surface area contributed by atoms with E-state index < -0.39 is 20.9 Å². The highest BCUT2D eigenvalue weighted by molar-refractivity contribution is 7.89. The Morgan fingerprint density at radius 2 is 2.29 bits per heavy atom. The lowest BCUT2D eigenvalue weighted by Gasteiger charge is -2.38. The Bertz CT molecular complexity index is 579. The van der Waals surface area contributed by atoms with Crippen molar-refractivity contribution in [3.63, 3.8) is 0 Å². The second kappa shape index (κ2) is 6.81. The van der Waals surface area contributed by atoms with E-state index in [1.807, 2.05) is 13.8 Å². The van der Waals surface area contributed by atoms with Crippen molar-refractivity contribution in [2.75, 3.05) is 13.1 Å². The van der Waals surface area contributed by atoms with Crippen LogP contribution in [0.25, 0.3) is 0 Å². The lowest BCUT2D eigenvalue weighted by Crippen LogP contribution is -2.53. The van der Waals surface area contributed by atoms with Crippen LogP contribution in [0.3, 0.4) is 0 Å². The minimum atomic E-state index is -3.90. The number of hydrogen-bond donors (Lipinski definition) is 1. The predicted molar refractivity (Wildman–Crippen MR) is 78.9 cm³/mol. The van der Waals surface area contributed by atoms with Gasteiger partial charge >= 0.3 is 0 Å². The number of sulfonamides is 1. The minimum absolute atomic E-state index is 0.0249. The number of nitrogens with one attached hydrogen (secondary N) is 1. The highest BCUT2D eigenvalue weighted by atomic mass is 32.2. The van der Waals surface area contributed by atoms with Crippen molar-refractivity contribution in [3.8, 4) is 0 Å². The van der Waals surface area contributed by atoms with E-state index in [2.05, 4.69) is 10.3 Å². The average molecular weight is 315 g/mol. The molecule has 5 nitrogen and oxygen atoms in total. The van der Waals surface area contributed by atoms with Crippen molar-refractivity contribution < 1.29 is 12.8 Å². The first kappa shape index (κ1) is 16.3. The van der Waals surface area contributed by atoms with E-state index in [4.69, 9.17) is 0 Å². The smallest absolute Gasteiger partial charge is 0.263 e. The summed E-state index contributed by atoms with van der Waals surface area (Å²) >= 11 is 0. The standard InChI is InChI=1S/C14H22FN3O2S/c1-3-16-11(2)13-8-4-5-10-18(13)21(19,20)14-12(15)7-6-9-17-14/h6-7,9,11,13,16H,3-5,8,10H2,1-2H3. The minimum Gasteiger partial charge on any atom is -0.313 e. The van der Waals surface area contributed by atoms with Crippen LogP contribution in [0.5, 0.6) is 0 Å². The molecule has 2 unspecified atom stereocenters. The molecule has 1 aliphatic heterocycles. The van der Waals surface area contributed by atoms with Gasteiger partial charge in [0.2, 0.25) is 5.03 Å². The first-order valence-electron chi connectivity index (χ1n) is 7.34. The fourth-order valence-corrected chi connectivity index (χ4v) is 4.60. The number of halogens is 1. The van der Waals surface area contributed by atoms with Crippen molar-refractivity contribution >= 4 is 10.0 Å². The Labute approximate surface area is 125 Å². The van der Waals surface area contributed by atoms with Gasteiger partial charge in [-0.2, -0.15) is 4.31 Å².